The first-order chi connectivity index (χ1) is 11.6. The number of pyridine rings is 1. The summed E-state index contributed by atoms with van der Waals surface area (Å²) in [5.41, 5.74) is 4.66. The number of fused-ring (bicyclic) bond motifs is 1. The van der Waals surface area contributed by atoms with Gasteiger partial charge in [0.05, 0.1) is 17.3 Å². The number of H-pyrrole nitrogens is 1. The number of hydrogen-bond acceptors (Lipinski definition) is 3. The van der Waals surface area contributed by atoms with Gasteiger partial charge in [-0.3, -0.25) is 9.89 Å². The van der Waals surface area contributed by atoms with Crippen LogP contribution in [0.15, 0.2) is 36.5 Å². The average Bonchev–Trinajstić information content (AvgIpc) is 3.22. The highest BCUT2D eigenvalue weighted by Gasteiger charge is 2.30. The number of aromatic amines is 1. The SMILES string of the molecule is Cc1ccc([C@@H]2CCCN2C(=O)c2cnc3[nH]nc(C)c3c2)cc1. The highest BCUT2D eigenvalue weighted by Crippen LogP contribution is 2.33. The summed E-state index contributed by atoms with van der Waals surface area (Å²) >= 11 is 0. The van der Waals surface area contributed by atoms with E-state index in [0.717, 1.165) is 36.1 Å². The normalized spacial score (nSPS) is 17.6. The minimum atomic E-state index is 0.0491. The van der Waals surface area contributed by atoms with E-state index in [-0.39, 0.29) is 11.9 Å². The third-order valence-electron chi connectivity index (χ3n) is 4.83. The molecule has 0 spiro atoms. The van der Waals surface area contributed by atoms with Gasteiger partial charge in [-0.15, -0.1) is 0 Å². The fourth-order valence-electron chi connectivity index (χ4n) is 3.45. The monoisotopic (exact) mass is 320 g/mol. The average molecular weight is 320 g/mol. The molecule has 3 heterocycles. The highest BCUT2D eigenvalue weighted by atomic mass is 16.2. The predicted molar refractivity (Wildman–Crippen MR) is 92.8 cm³/mol. The van der Waals surface area contributed by atoms with Crippen LogP contribution >= 0.6 is 0 Å². The van der Waals surface area contributed by atoms with E-state index in [0.29, 0.717) is 5.56 Å². The molecule has 3 aromatic rings. The molecular formula is C19H20N4O. The summed E-state index contributed by atoms with van der Waals surface area (Å²) in [4.78, 5) is 19.3. The lowest BCUT2D eigenvalue weighted by atomic mass is 10.0. The Morgan fingerprint density at radius 2 is 2.04 bits per heavy atom. The molecule has 1 fully saturated rings. The first-order valence-electron chi connectivity index (χ1n) is 8.32. The number of nitrogens with one attached hydrogen (secondary N) is 1. The second-order valence-corrected chi connectivity index (χ2v) is 6.50. The molecule has 0 aliphatic carbocycles. The second kappa shape index (κ2) is 5.74. The maximum atomic E-state index is 13.0. The molecule has 122 valence electrons. The summed E-state index contributed by atoms with van der Waals surface area (Å²) in [5.74, 6) is 0.0491. The quantitative estimate of drug-likeness (QED) is 0.785. The van der Waals surface area contributed by atoms with Gasteiger partial charge in [0.25, 0.3) is 5.91 Å². The summed E-state index contributed by atoms with van der Waals surface area (Å²) in [5, 5.41) is 7.94. The Balaban J connectivity index is 1.66. The van der Waals surface area contributed by atoms with Gasteiger partial charge in [-0.1, -0.05) is 29.8 Å². The standard InChI is InChI=1S/C19H20N4O/c1-12-5-7-14(8-6-12)17-4-3-9-23(17)19(24)15-10-16-13(2)21-22-18(16)20-11-15/h5-8,10-11,17H,3-4,9H2,1-2H3,(H,20,21,22)/t17-/m0/s1. The van der Waals surface area contributed by atoms with Gasteiger partial charge in [-0.2, -0.15) is 5.10 Å². The summed E-state index contributed by atoms with van der Waals surface area (Å²) in [6.45, 7) is 4.79. The molecule has 1 saturated heterocycles. The summed E-state index contributed by atoms with van der Waals surface area (Å²) < 4.78 is 0. The van der Waals surface area contributed by atoms with E-state index in [1.165, 1.54) is 11.1 Å². The van der Waals surface area contributed by atoms with Crippen molar-refractivity contribution in [3.05, 3.63) is 58.9 Å². The Morgan fingerprint density at radius 1 is 1.25 bits per heavy atom. The van der Waals surface area contributed by atoms with Gasteiger partial charge in [-0.05, 0) is 38.3 Å². The van der Waals surface area contributed by atoms with Crippen LogP contribution < -0.4 is 0 Å². The van der Waals surface area contributed by atoms with E-state index in [4.69, 9.17) is 0 Å². The molecule has 0 saturated carbocycles. The molecule has 0 radical (unpaired) electrons. The first kappa shape index (κ1) is 14.9. The van der Waals surface area contributed by atoms with Crippen LogP contribution in [0.3, 0.4) is 0 Å². The largest absolute Gasteiger partial charge is 0.332 e. The minimum Gasteiger partial charge on any atom is -0.332 e. The van der Waals surface area contributed by atoms with Crippen molar-refractivity contribution >= 4 is 16.9 Å². The van der Waals surface area contributed by atoms with E-state index >= 15 is 0 Å². The molecule has 2 aromatic heterocycles. The first-order valence-corrected chi connectivity index (χ1v) is 8.32. The molecule has 1 N–H and O–H groups in total. The van der Waals surface area contributed by atoms with Crippen molar-refractivity contribution in [3.63, 3.8) is 0 Å². The summed E-state index contributed by atoms with van der Waals surface area (Å²) in [7, 11) is 0. The number of carbonyl (C=O) groups excluding carboxylic acids is 1. The number of carbonyl (C=O) groups is 1. The lowest BCUT2D eigenvalue weighted by molar-refractivity contribution is 0.0735. The van der Waals surface area contributed by atoms with Crippen LogP contribution in [-0.2, 0) is 0 Å². The molecule has 5 heteroatoms. The number of likely N-dealkylation sites (tertiary alicyclic amines) is 1. The van der Waals surface area contributed by atoms with E-state index in [9.17, 15) is 4.79 Å². The van der Waals surface area contributed by atoms with Gasteiger partial charge in [-0.25, -0.2) is 4.98 Å². The van der Waals surface area contributed by atoms with Crippen LogP contribution in [0.4, 0.5) is 0 Å². The molecule has 1 aliphatic heterocycles. The van der Waals surface area contributed by atoms with E-state index < -0.39 is 0 Å². The van der Waals surface area contributed by atoms with Crippen LogP contribution in [-0.4, -0.2) is 32.5 Å². The fourth-order valence-corrected chi connectivity index (χ4v) is 3.45. The third kappa shape index (κ3) is 2.46. The molecule has 1 aliphatic rings. The number of nitrogens with zero attached hydrogens (tertiary/aromatic N) is 3. The molecule has 0 unspecified atom stereocenters. The van der Waals surface area contributed by atoms with Gasteiger partial charge in [0, 0.05) is 18.1 Å². The predicted octanol–water partition coefficient (Wildman–Crippen LogP) is 3.55. The molecule has 1 atom stereocenters. The number of hydrogen-bond donors (Lipinski definition) is 1. The van der Waals surface area contributed by atoms with E-state index in [1.807, 2.05) is 17.9 Å². The minimum absolute atomic E-state index is 0.0491. The highest BCUT2D eigenvalue weighted by molar-refractivity contribution is 5.97. The Morgan fingerprint density at radius 3 is 2.83 bits per heavy atom. The van der Waals surface area contributed by atoms with Crippen molar-refractivity contribution in [2.24, 2.45) is 0 Å². The molecular weight excluding hydrogens is 300 g/mol. The zero-order chi connectivity index (χ0) is 16.7. The van der Waals surface area contributed by atoms with E-state index in [1.54, 1.807) is 6.20 Å². The van der Waals surface area contributed by atoms with Crippen LogP contribution in [0.25, 0.3) is 11.0 Å². The zero-order valence-electron chi connectivity index (χ0n) is 13.9. The van der Waals surface area contributed by atoms with Crippen LogP contribution in [0.1, 0.15) is 46.1 Å². The van der Waals surface area contributed by atoms with Crippen molar-refractivity contribution < 1.29 is 4.79 Å². The molecule has 1 amide bonds. The maximum Gasteiger partial charge on any atom is 0.255 e. The number of rotatable bonds is 2. The van der Waals surface area contributed by atoms with Crippen molar-refractivity contribution in [1.29, 1.82) is 0 Å². The molecule has 4 rings (SSSR count). The molecule has 0 bridgehead atoms. The van der Waals surface area contributed by atoms with Crippen LogP contribution in [0.2, 0.25) is 0 Å². The summed E-state index contributed by atoms with van der Waals surface area (Å²) in [6.07, 6.45) is 3.69. The van der Waals surface area contributed by atoms with Gasteiger partial charge < -0.3 is 4.90 Å². The Labute approximate surface area is 140 Å². The fraction of sp³-hybridized carbons (Fsp3) is 0.316. The van der Waals surface area contributed by atoms with Crippen LogP contribution in [0, 0.1) is 13.8 Å². The second-order valence-electron chi connectivity index (χ2n) is 6.50. The van der Waals surface area contributed by atoms with E-state index in [2.05, 4.69) is 46.4 Å². The Bertz CT molecular complexity index is 897. The van der Waals surface area contributed by atoms with Gasteiger partial charge in [0.1, 0.15) is 0 Å². The number of amides is 1. The lowest BCUT2D eigenvalue weighted by Crippen LogP contribution is -2.30. The Hall–Kier alpha value is -2.69. The number of aromatic nitrogens is 3. The van der Waals surface area contributed by atoms with Crippen molar-refractivity contribution in [2.75, 3.05) is 6.54 Å². The van der Waals surface area contributed by atoms with Gasteiger partial charge in [0.2, 0.25) is 0 Å². The number of aryl methyl sites for hydroxylation is 2. The van der Waals surface area contributed by atoms with Crippen molar-refractivity contribution in [3.8, 4) is 0 Å². The number of benzene rings is 1. The van der Waals surface area contributed by atoms with Crippen molar-refractivity contribution in [1.82, 2.24) is 20.1 Å². The smallest absolute Gasteiger partial charge is 0.255 e. The van der Waals surface area contributed by atoms with Crippen LogP contribution in [0.5, 0.6) is 0 Å². The molecule has 1 aromatic carbocycles. The van der Waals surface area contributed by atoms with Crippen molar-refractivity contribution in [2.45, 2.75) is 32.7 Å². The topological polar surface area (TPSA) is 61.9 Å². The molecule has 5 nitrogen and oxygen atoms in total. The third-order valence-corrected chi connectivity index (χ3v) is 4.83. The maximum absolute atomic E-state index is 13.0. The zero-order valence-corrected chi connectivity index (χ0v) is 13.9. The summed E-state index contributed by atoms with van der Waals surface area (Å²) in [6, 6.07) is 10.5. The lowest BCUT2D eigenvalue weighted by Gasteiger charge is -2.25. The molecule has 24 heavy (non-hydrogen) atoms. The Kier molecular flexibility index (Phi) is 3.56. The van der Waals surface area contributed by atoms with Gasteiger partial charge in [0.15, 0.2) is 5.65 Å². The van der Waals surface area contributed by atoms with Gasteiger partial charge >= 0.3 is 0 Å².